The van der Waals surface area contributed by atoms with Crippen molar-refractivity contribution in [3.8, 4) is 0 Å². The molecule has 2 aromatic heterocycles. The van der Waals surface area contributed by atoms with Crippen molar-refractivity contribution < 1.29 is 18.0 Å². The molecule has 0 atom stereocenters. The van der Waals surface area contributed by atoms with Gasteiger partial charge in [0.2, 0.25) is 0 Å². The van der Waals surface area contributed by atoms with Gasteiger partial charge >= 0.3 is 6.18 Å². The van der Waals surface area contributed by atoms with Crippen molar-refractivity contribution in [3.63, 3.8) is 0 Å². The summed E-state index contributed by atoms with van der Waals surface area (Å²) in [6.45, 7) is 2.08. The van der Waals surface area contributed by atoms with Crippen molar-refractivity contribution in [1.82, 2.24) is 4.98 Å². The molecule has 0 amide bonds. The predicted molar refractivity (Wildman–Crippen MR) is 133 cm³/mol. The minimum Gasteiger partial charge on any atom is -0.293 e. The standard InChI is InChI=1S/C28H30F3NOS/c1-2-3-10-22-16-18-24(17-15-21-9-7-11-23(20-21)28(29,30)31)32-25(22)12-5-4-6-13-26(33)27-14-8-19-34-27/h3,7-11,14,16,18-20H,2,4-6,12-13,15,17H2,1H3. The molecule has 0 aliphatic rings. The first-order valence-corrected chi connectivity index (χ1v) is 12.6. The topological polar surface area (TPSA) is 30.0 Å². The zero-order valence-corrected chi connectivity index (χ0v) is 20.2. The maximum absolute atomic E-state index is 13.0. The number of carbonyl (C=O) groups excluding carboxylic acids is 1. The summed E-state index contributed by atoms with van der Waals surface area (Å²) in [5.74, 6) is 0.205. The lowest BCUT2D eigenvalue weighted by atomic mass is 10.0. The van der Waals surface area contributed by atoms with Crippen LogP contribution in [0.4, 0.5) is 13.2 Å². The van der Waals surface area contributed by atoms with Crippen molar-refractivity contribution >= 4 is 23.2 Å². The molecule has 3 aromatic rings. The van der Waals surface area contributed by atoms with Crippen molar-refractivity contribution in [2.45, 2.75) is 64.5 Å². The van der Waals surface area contributed by atoms with E-state index in [1.165, 1.54) is 23.5 Å². The first kappa shape index (κ1) is 25.9. The van der Waals surface area contributed by atoms with E-state index in [2.05, 4.69) is 25.1 Å². The van der Waals surface area contributed by atoms with Gasteiger partial charge in [-0.3, -0.25) is 9.78 Å². The van der Waals surface area contributed by atoms with Gasteiger partial charge in [-0.25, -0.2) is 0 Å². The average molecular weight is 486 g/mol. The number of allylic oxidation sites excluding steroid dienone is 1. The SMILES string of the molecule is CCC=Cc1ccc(CCc2cccc(C(F)(F)F)c2)nc1CCCCCC(=O)c1cccs1. The van der Waals surface area contributed by atoms with E-state index in [9.17, 15) is 18.0 Å². The van der Waals surface area contributed by atoms with Crippen LogP contribution in [0.5, 0.6) is 0 Å². The highest BCUT2D eigenvalue weighted by Gasteiger charge is 2.30. The smallest absolute Gasteiger partial charge is 0.293 e. The van der Waals surface area contributed by atoms with E-state index < -0.39 is 11.7 Å². The van der Waals surface area contributed by atoms with E-state index in [1.807, 2.05) is 23.6 Å². The number of unbranched alkanes of at least 4 members (excludes halogenated alkanes) is 2. The maximum atomic E-state index is 13.0. The van der Waals surface area contributed by atoms with Crippen LogP contribution < -0.4 is 0 Å². The number of halogens is 3. The number of ketones is 1. The Bertz CT molecular complexity index is 1090. The minimum atomic E-state index is -4.33. The molecule has 6 heteroatoms. The molecule has 0 saturated carbocycles. The van der Waals surface area contributed by atoms with E-state index in [-0.39, 0.29) is 5.78 Å². The van der Waals surface area contributed by atoms with Crippen molar-refractivity contribution in [2.75, 3.05) is 0 Å². The van der Waals surface area contributed by atoms with Gasteiger partial charge in [-0.15, -0.1) is 11.3 Å². The minimum absolute atomic E-state index is 0.205. The maximum Gasteiger partial charge on any atom is 0.416 e. The van der Waals surface area contributed by atoms with Crippen molar-refractivity contribution in [3.05, 3.63) is 92.9 Å². The van der Waals surface area contributed by atoms with Crippen LogP contribution in [0.3, 0.4) is 0 Å². The zero-order chi connectivity index (χ0) is 24.4. The molecule has 34 heavy (non-hydrogen) atoms. The van der Waals surface area contributed by atoms with Gasteiger partial charge in [0.15, 0.2) is 5.78 Å². The van der Waals surface area contributed by atoms with Gasteiger partial charge in [-0.05, 0) is 73.2 Å². The Morgan fingerprint density at radius 2 is 1.85 bits per heavy atom. The van der Waals surface area contributed by atoms with E-state index in [1.54, 1.807) is 6.07 Å². The lowest BCUT2D eigenvalue weighted by Gasteiger charge is -2.11. The summed E-state index contributed by atoms with van der Waals surface area (Å²) >= 11 is 1.48. The summed E-state index contributed by atoms with van der Waals surface area (Å²) in [5, 5.41) is 1.92. The molecular weight excluding hydrogens is 455 g/mol. The highest BCUT2D eigenvalue weighted by atomic mass is 32.1. The van der Waals surface area contributed by atoms with E-state index >= 15 is 0 Å². The van der Waals surface area contributed by atoms with Gasteiger partial charge < -0.3 is 0 Å². The normalized spacial score (nSPS) is 11.9. The number of pyridine rings is 1. The molecule has 1 aromatic carbocycles. The Morgan fingerprint density at radius 3 is 2.59 bits per heavy atom. The first-order valence-electron chi connectivity index (χ1n) is 11.7. The van der Waals surface area contributed by atoms with Crippen molar-refractivity contribution in [2.24, 2.45) is 0 Å². The zero-order valence-electron chi connectivity index (χ0n) is 19.4. The van der Waals surface area contributed by atoms with E-state index in [0.717, 1.165) is 60.0 Å². The Hall–Kier alpha value is -2.73. The second-order valence-electron chi connectivity index (χ2n) is 8.31. The molecule has 0 aliphatic heterocycles. The molecule has 0 N–H and O–H groups in total. The third-order valence-electron chi connectivity index (χ3n) is 5.64. The number of hydrogen-bond acceptors (Lipinski definition) is 3. The summed E-state index contributed by atoms with van der Waals surface area (Å²) in [6, 6.07) is 13.3. The molecule has 0 fully saturated rings. The fourth-order valence-electron chi connectivity index (χ4n) is 3.78. The van der Waals surface area contributed by atoms with Crippen molar-refractivity contribution in [1.29, 1.82) is 0 Å². The molecule has 0 aliphatic carbocycles. The molecule has 180 valence electrons. The second kappa shape index (κ2) is 12.7. The predicted octanol–water partition coefficient (Wildman–Crippen LogP) is 8.36. The van der Waals surface area contributed by atoms with Gasteiger partial charge in [0.1, 0.15) is 0 Å². The third-order valence-corrected chi connectivity index (χ3v) is 6.55. The number of nitrogens with zero attached hydrogens (tertiary/aromatic N) is 1. The highest BCUT2D eigenvalue weighted by Crippen LogP contribution is 2.29. The number of alkyl halides is 3. The van der Waals surface area contributed by atoms with Crippen LogP contribution in [0.25, 0.3) is 6.08 Å². The highest BCUT2D eigenvalue weighted by molar-refractivity contribution is 7.12. The van der Waals surface area contributed by atoms with Crippen LogP contribution in [0, 0.1) is 0 Å². The fourth-order valence-corrected chi connectivity index (χ4v) is 4.48. The summed E-state index contributed by atoms with van der Waals surface area (Å²) in [6.07, 6.45) is 5.99. The van der Waals surface area contributed by atoms with Gasteiger partial charge in [0, 0.05) is 17.8 Å². The lowest BCUT2D eigenvalue weighted by molar-refractivity contribution is -0.137. The van der Waals surface area contributed by atoms with Gasteiger partial charge in [-0.1, -0.05) is 55.8 Å². The average Bonchev–Trinajstić information content (AvgIpc) is 3.36. The molecule has 0 saturated heterocycles. The number of aromatic nitrogens is 1. The second-order valence-corrected chi connectivity index (χ2v) is 9.26. The molecule has 0 unspecified atom stereocenters. The van der Waals surface area contributed by atoms with Gasteiger partial charge in [0.25, 0.3) is 0 Å². The number of Topliss-reactive ketones (excluding diaryl/α,β-unsaturated/α-hetero) is 1. The number of benzene rings is 1. The molecular formula is C28H30F3NOS. The summed E-state index contributed by atoms with van der Waals surface area (Å²) in [7, 11) is 0. The number of aryl methyl sites for hydroxylation is 3. The van der Waals surface area contributed by atoms with Gasteiger partial charge in [0.05, 0.1) is 10.4 Å². The molecule has 3 rings (SSSR count). The molecule has 2 nitrogen and oxygen atoms in total. The number of carbonyl (C=O) groups is 1. The molecule has 2 heterocycles. The van der Waals surface area contributed by atoms with Crippen LogP contribution in [-0.4, -0.2) is 10.8 Å². The Balaban J connectivity index is 1.58. The molecule has 0 radical (unpaired) electrons. The fraction of sp³-hybridized carbons (Fsp3) is 0.357. The summed E-state index contributed by atoms with van der Waals surface area (Å²) in [5.41, 5.74) is 3.02. The van der Waals surface area contributed by atoms with E-state index in [4.69, 9.17) is 4.98 Å². The monoisotopic (exact) mass is 485 g/mol. The largest absolute Gasteiger partial charge is 0.416 e. The lowest BCUT2D eigenvalue weighted by Crippen LogP contribution is -2.06. The van der Waals surface area contributed by atoms with E-state index in [0.29, 0.717) is 24.8 Å². The van der Waals surface area contributed by atoms with Crippen LogP contribution in [0.2, 0.25) is 0 Å². The Kier molecular flexibility index (Phi) is 9.63. The Morgan fingerprint density at radius 1 is 1.00 bits per heavy atom. The van der Waals surface area contributed by atoms with Crippen LogP contribution >= 0.6 is 11.3 Å². The third kappa shape index (κ3) is 7.94. The molecule has 0 spiro atoms. The number of thiophene rings is 1. The summed E-state index contributed by atoms with van der Waals surface area (Å²) < 4.78 is 38.9. The number of rotatable bonds is 12. The number of hydrogen-bond donors (Lipinski definition) is 0. The van der Waals surface area contributed by atoms with Crippen LogP contribution in [-0.2, 0) is 25.4 Å². The van der Waals surface area contributed by atoms with Crippen LogP contribution in [0.1, 0.15) is 76.8 Å². The van der Waals surface area contributed by atoms with Gasteiger partial charge in [-0.2, -0.15) is 13.2 Å². The molecule has 0 bridgehead atoms. The first-order chi connectivity index (χ1) is 16.4. The quantitative estimate of drug-likeness (QED) is 0.191. The van der Waals surface area contributed by atoms with Crippen LogP contribution in [0.15, 0.2) is 60.0 Å². The summed E-state index contributed by atoms with van der Waals surface area (Å²) in [4.78, 5) is 17.8. The Labute approximate surface area is 203 Å².